The first-order valence-electron chi connectivity index (χ1n) is 8.63. The fraction of sp³-hybridized carbons (Fsp3) is 0.0952. The summed E-state index contributed by atoms with van der Waals surface area (Å²) in [5, 5.41) is 3.34. The first kappa shape index (κ1) is 16.8. The molecule has 0 saturated heterocycles. The number of imidazole rings is 1. The van der Waals surface area contributed by atoms with Crippen LogP contribution >= 0.6 is 0 Å². The zero-order valence-electron chi connectivity index (χ0n) is 14.7. The average Bonchev–Trinajstić information content (AvgIpc) is 3.21. The van der Waals surface area contributed by atoms with E-state index in [0.29, 0.717) is 24.6 Å². The molecule has 0 unspecified atom stereocenters. The zero-order chi connectivity index (χ0) is 18.5. The van der Waals surface area contributed by atoms with Crippen LogP contribution in [0.25, 0.3) is 17.2 Å². The molecule has 2 heterocycles. The van der Waals surface area contributed by atoms with Crippen LogP contribution < -0.4 is 10.1 Å². The van der Waals surface area contributed by atoms with Gasteiger partial charge in [-0.2, -0.15) is 0 Å². The van der Waals surface area contributed by atoms with Crippen molar-refractivity contribution in [3.8, 4) is 5.75 Å². The molecule has 0 bridgehead atoms. The van der Waals surface area contributed by atoms with Crippen LogP contribution in [-0.4, -0.2) is 19.9 Å². The summed E-state index contributed by atoms with van der Waals surface area (Å²) >= 11 is 0. The maximum Gasteiger partial charge on any atom is 0.182 e. The molecule has 0 spiro atoms. The third-order valence-electron chi connectivity index (χ3n) is 4.23. The Labute approximate surface area is 157 Å². The van der Waals surface area contributed by atoms with Gasteiger partial charge in [0.25, 0.3) is 0 Å². The highest BCUT2D eigenvalue weighted by molar-refractivity contribution is 5.81. The van der Waals surface area contributed by atoms with Crippen molar-refractivity contribution in [2.24, 2.45) is 0 Å². The molecule has 134 valence electrons. The molecule has 6 nitrogen and oxygen atoms in total. The molecular formula is C21H19N5O. The minimum absolute atomic E-state index is 0.513. The number of hydrogen-bond donors (Lipinski definition) is 2. The molecule has 2 aromatic carbocycles. The Hall–Kier alpha value is -3.67. The lowest BCUT2D eigenvalue weighted by atomic mass is 10.1. The number of nitrogens with zero attached hydrogens (tertiary/aromatic N) is 3. The fourth-order valence-corrected chi connectivity index (χ4v) is 2.82. The minimum atomic E-state index is 0.513. The van der Waals surface area contributed by atoms with Crippen molar-refractivity contribution in [2.75, 3.05) is 5.32 Å². The fourth-order valence-electron chi connectivity index (χ4n) is 2.82. The van der Waals surface area contributed by atoms with Gasteiger partial charge in [-0.05, 0) is 23.3 Å². The summed E-state index contributed by atoms with van der Waals surface area (Å²) in [7, 11) is 0. The van der Waals surface area contributed by atoms with Gasteiger partial charge in [0.15, 0.2) is 11.5 Å². The topological polar surface area (TPSA) is 75.7 Å². The Morgan fingerprint density at radius 3 is 2.81 bits per heavy atom. The zero-order valence-corrected chi connectivity index (χ0v) is 14.7. The SMILES string of the molecule is C=Cc1ccc(OCc2ccccc2)c(CNc2ncnc3nc[nH]c23)c1. The van der Waals surface area contributed by atoms with Gasteiger partial charge in [-0.3, -0.25) is 0 Å². The maximum absolute atomic E-state index is 6.06. The van der Waals surface area contributed by atoms with Gasteiger partial charge in [-0.25, -0.2) is 15.0 Å². The van der Waals surface area contributed by atoms with Gasteiger partial charge in [0.1, 0.15) is 24.2 Å². The number of aromatic nitrogens is 4. The van der Waals surface area contributed by atoms with E-state index in [1.165, 1.54) is 6.33 Å². The summed E-state index contributed by atoms with van der Waals surface area (Å²) in [5.41, 5.74) is 4.60. The lowest BCUT2D eigenvalue weighted by Crippen LogP contribution is -2.06. The standard InChI is InChI=1S/C21H19N5O/c1-2-15-8-9-18(27-12-16-6-4-3-5-7-16)17(10-15)11-22-20-19-21(24-13-23-19)26-14-25-20/h2-10,13-14H,1,11-12H2,(H2,22,23,24,25,26). The second kappa shape index (κ2) is 7.70. The van der Waals surface area contributed by atoms with Gasteiger partial charge in [0, 0.05) is 12.1 Å². The first-order valence-corrected chi connectivity index (χ1v) is 8.63. The molecule has 0 radical (unpaired) electrons. The summed E-state index contributed by atoms with van der Waals surface area (Å²) in [5.74, 6) is 1.53. The number of ether oxygens (including phenoxy) is 1. The van der Waals surface area contributed by atoms with E-state index in [9.17, 15) is 0 Å². The van der Waals surface area contributed by atoms with Crippen molar-refractivity contribution in [3.63, 3.8) is 0 Å². The highest BCUT2D eigenvalue weighted by atomic mass is 16.5. The van der Waals surface area contributed by atoms with Crippen LogP contribution in [0.15, 0.2) is 67.8 Å². The lowest BCUT2D eigenvalue weighted by Gasteiger charge is -2.14. The number of benzene rings is 2. The maximum atomic E-state index is 6.06. The predicted octanol–water partition coefficient (Wildman–Crippen LogP) is 4.19. The van der Waals surface area contributed by atoms with Gasteiger partial charge in [-0.1, -0.05) is 49.1 Å². The van der Waals surface area contributed by atoms with E-state index in [0.717, 1.165) is 28.0 Å². The second-order valence-electron chi connectivity index (χ2n) is 6.02. The molecule has 0 aliphatic carbocycles. The molecule has 4 aromatic rings. The molecule has 27 heavy (non-hydrogen) atoms. The largest absolute Gasteiger partial charge is 0.489 e. The minimum Gasteiger partial charge on any atom is -0.489 e. The monoisotopic (exact) mass is 357 g/mol. The Kier molecular flexibility index (Phi) is 4.78. The Balaban J connectivity index is 1.55. The summed E-state index contributed by atoms with van der Waals surface area (Å²) in [6.07, 6.45) is 4.93. The van der Waals surface area contributed by atoms with Crippen LogP contribution in [0, 0.1) is 0 Å². The van der Waals surface area contributed by atoms with Gasteiger partial charge >= 0.3 is 0 Å². The molecule has 0 atom stereocenters. The van der Waals surface area contributed by atoms with Crippen LogP contribution in [0.1, 0.15) is 16.7 Å². The smallest absolute Gasteiger partial charge is 0.182 e. The van der Waals surface area contributed by atoms with Crippen molar-refractivity contribution >= 4 is 23.1 Å². The quantitative estimate of drug-likeness (QED) is 0.519. The second-order valence-corrected chi connectivity index (χ2v) is 6.02. The summed E-state index contributed by atoms with van der Waals surface area (Å²) in [6.45, 7) is 4.92. The van der Waals surface area contributed by atoms with Crippen LogP contribution in [-0.2, 0) is 13.2 Å². The van der Waals surface area contributed by atoms with Gasteiger partial charge in [0.05, 0.1) is 6.33 Å². The van der Waals surface area contributed by atoms with E-state index in [2.05, 4.69) is 37.9 Å². The lowest BCUT2D eigenvalue weighted by molar-refractivity contribution is 0.303. The highest BCUT2D eigenvalue weighted by Gasteiger charge is 2.09. The molecule has 6 heteroatoms. The molecule has 0 saturated carbocycles. The molecule has 2 aromatic heterocycles. The van der Waals surface area contributed by atoms with Crippen LogP contribution in [0.2, 0.25) is 0 Å². The van der Waals surface area contributed by atoms with Gasteiger partial charge < -0.3 is 15.0 Å². The van der Waals surface area contributed by atoms with E-state index in [4.69, 9.17) is 4.74 Å². The van der Waals surface area contributed by atoms with Crippen molar-refractivity contribution in [2.45, 2.75) is 13.2 Å². The Morgan fingerprint density at radius 2 is 1.96 bits per heavy atom. The molecule has 0 amide bonds. The van der Waals surface area contributed by atoms with Crippen LogP contribution in [0.5, 0.6) is 5.75 Å². The molecular weight excluding hydrogens is 338 g/mol. The van der Waals surface area contributed by atoms with Gasteiger partial charge in [0.2, 0.25) is 0 Å². The Bertz CT molecular complexity index is 1060. The number of H-pyrrole nitrogens is 1. The molecule has 0 aliphatic heterocycles. The number of hydrogen-bond acceptors (Lipinski definition) is 5. The molecule has 2 N–H and O–H groups in total. The van der Waals surface area contributed by atoms with Crippen molar-refractivity contribution < 1.29 is 4.74 Å². The van der Waals surface area contributed by atoms with Crippen molar-refractivity contribution in [1.82, 2.24) is 19.9 Å². The van der Waals surface area contributed by atoms with E-state index in [1.807, 2.05) is 48.5 Å². The van der Waals surface area contributed by atoms with Crippen molar-refractivity contribution in [1.29, 1.82) is 0 Å². The summed E-state index contributed by atoms with van der Waals surface area (Å²) in [6, 6.07) is 16.1. The van der Waals surface area contributed by atoms with E-state index < -0.39 is 0 Å². The third kappa shape index (κ3) is 3.79. The van der Waals surface area contributed by atoms with E-state index in [-0.39, 0.29) is 0 Å². The molecule has 0 aliphatic rings. The van der Waals surface area contributed by atoms with Crippen LogP contribution in [0.3, 0.4) is 0 Å². The number of fused-ring (bicyclic) bond motifs is 1. The number of anilines is 1. The van der Waals surface area contributed by atoms with Crippen molar-refractivity contribution in [3.05, 3.63) is 84.5 Å². The average molecular weight is 357 g/mol. The first-order chi connectivity index (χ1) is 13.3. The molecule has 0 fully saturated rings. The third-order valence-corrected chi connectivity index (χ3v) is 4.23. The predicted molar refractivity (Wildman–Crippen MR) is 106 cm³/mol. The van der Waals surface area contributed by atoms with Crippen LogP contribution in [0.4, 0.5) is 5.82 Å². The highest BCUT2D eigenvalue weighted by Crippen LogP contribution is 2.24. The van der Waals surface area contributed by atoms with E-state index >= 15 is 0 Å². The summed E-state index contributed by atoms with van der Waals surface area (Å²) in [4.78, 5) is 15.7. The Morgan fingerprint density at radius 1 is 1.07 bits per heavy atom. The van der Waals surface area contributed by atoms with E-state index in [1.54, 1.807) is 6.33 Å². The normalized spacial score (nSPS) is 10.7. The number of nitrogens with one attached hydrogen (secondary N) is 2. The number of rotatable bonds is 7. The van der Waals surface area contributed by atoms with Gasteiger partial charge in [-0.15, -0.1) is 0 Å². The molecule has 4 rings (SSSR count). The summed E-state index contributed by atoms with van der Waals surface area (Å²) < 4.78 is 6.06. The number of aromatic amines is 1.